The average Bonchev–Trinajstić information content (AvgIpc) is 2.65. The van der Waals surface area contributed by atoms with Gasteiger partial charge >= 0.3 is 5.69 Å². The van der Waals surface area contributed by atoms with Gasteiger partial charge in [-0.15, -0.1) is 0 Å². The molecule has 2 aromatic rings. The Morgan fingerprint density at radius 1 is 1.12 bits per heavy atom. The summed E-state index contributed by atoms with van der Waals surface area (Å²) in [6.07, 6.45) is 1.49. The minimum atomic E-state index is -0.566. The molecule has 0 spiro atoms. The van der Waals surface area contributed by atoms with Crippen LogP contribution in [0.2, 0.25) is 0 Å². The topological polar surface area (TPSA) is 109 Å². The Morgan fingerprint density at radius 3 is 2.24 bits per heavy atom. The van der Waals surface area contributed by atoms with Gasteiger partial charge in [-0.05, 0) is 23.8 Å². The van der Waals surface area contributed by atoms with Gasteiger partial charge in [0.15, 0.2) is 0 Å². The maximum Gasteiger partial charge on any atom is 0.311 e. The van der Waals surface area contributed by atoms with Crippen LogP contribution < -0.4 is 9.47 Å². The van der Waals surface area contributed by atoms with Crippen LogP contribution in [0.1, 0.15) is 16.7 Å². The smallest absolute Gasteiger partial charge is 0.311 e. The number of nitro groups is 1. The van der Waals surface area contributed by atoms with Crippen LogP contribution in [0.25, 0.3) is 11.6 Å². The van der Waals surface area contributed by atoms with E-state index in [4.69, 9.17) is 14.7 Å². The van der Waals surface area contributed by atoms with E-state index in [-0.39, 0.29) is 17.0 Å². The fourth-order valence-electron chi connectivity index (χ4n) is 2.22. The first-order valence-corrected chi connectivity index (χ1v) is 7.06. The first-order chi connectivity index (χ1) is 12.0. The van der Waals surface area contributed by atoms with Crippen molar-refractivity contribution in [2.24, 2.45) is 0 Å². The van der Waals surface area contributed by atoms with Gasteiger partial charge in [-0.25, -0.2) is 0 Å². The summed E-state index contributed by atoms with van der Waals surface area (Å²) in [5.74, 6) is 0.403. The predicted octanol–water partition coefficient (Wildman–Crippen LogP) is 3.55. The number of nitro benzene ring substituents is 1. The maximum atomic E-state index is 11.2. The zero-order valence-corrected chi connectivity index (χ0v) is 13.5. The quantitative estimate of drug-likeness (QED) is 0.358. The number of nitriles is 2. The van der Waals surface area contributed by atoms with Gasteiger partial charge in [-0.2, -0.15) is 10.5 Å². The molecule has 0 atom stereocenters. The van der Waals surface area contributed by atoms with Crippen LogP contribution in [0.3, 0.4) is 0 Å². The largest absolute Gasteiger partial charge is 0.496 e. The second kappa shape index (κ2) is 7.62. The highest BCUT2D eigenvalue weighted by atomic mass is 16.6. The molecule has 0 radical (unpaired) electrons. The van der Waals surface area contributed by atoms with Crippen molar-refractivity contribution < 1.29 is 14.4 Å². The Bertz CT molecular complexity index is 919. The molecular formula is C18H13N3O4. The van der Waals surface area contributed by atoms with Gasteiger partial charge in [0.05, 0.1) is 42.4 Å². The standard InChI is InChI=1S/C18H13N3O4/c1-24-17-9-18(25-2)16(21(22)23)8-14(17)7-15(11-20)13-5-3-12(10-19)4-6-13/h3-9H,1-2H3/b15-7+. The minimum absolute atomic E-state index is 0.0656. The van der Waals surface area contributed by atoms with E-state index in [9.17, 15) is 15.4 Å². The molecule has 0 unspecified atom stereocenters. The molecule has 0 heterocycles. The molecule has 25 heavy (non-hydrogen) atoms. The molecule has 0 amide bonds. The predicted molar refractivity (Wildman–Crippen MR) is 90.8 cm³/mol. The van der Waals surface area contributed by atoms with E-state index >= 15 is 0 Å². The summed E-state index contributed by atoms with van der Waals surface area (Å²) in [4.78, 5) is 10.6. The number of nitrogens with zero attached hydrogens (tertiary/aromatic N) is 3. The van der Waals surface area contributed by atoms with Crippen LogP contribution in [-0.2, 0) is 0 Å². The normalized spacial score (nSPS) is 10.5. The van der Waals surface area contributed by atoms with E-state index in [1.807, 2.05) is 6.07 Å². The third-order valence-electron chi connectivity index (χ3n) is 3.47. The van der Waals surface area contributed by atoms with Crippen LogP contribution >= 0.6 is 0 Å². The highest BCUT2D eigenvalue weighted by molar-refractivity contribution is 5.91. The monoisotopic (exact) mass is 335 g/mol. The molecule has 0 N–H and O–H groups in total. The molecule has 7 nitrogen and oxygen atoms in total. The molecule has 2 rings (SSSR count). The zero-order valence-electron chi connectivity index (χ0n) is 13.5. The van der Waals surface area contributed by atoms with E-state index in [0.717, 1.165) is 0 Å². The maximum absolute atomic E-state index is 11.2. The average molecular weight is 335 g/mol. The molecule has 0 bridgehead atoms. The van der Waals surface area contributed by atoms with Crippen molar-refractivity contribution in [1.82, 2.24) is 0 Å². The molecule has 124 valence electrons. The fourth-order valence-corrected chi connectivity index (χ4v) is 2.22. The molecule has 2 aromatic carbocycles. The summed E-state index contributed by atoms with van der Waals surface area (Å²) in [7, 11) is 2.75. The molecule has 0 fully saturated rings. The number of benzene rings is 2. The second-order valence-electron chi connectivity index (χ2n) is 4.88. The van der Waals surface area contributed by atoms with Gasteiger partial charge in [0.2, 0.25) is 5.75 Å². The van der Waals surface area contributed by atoms with E-state index in [0.29, 0.717) is 22.4 Å². The third kappa shape index (κ3) is 3.74. The van der Waals surface area contributed by atoms with Gasteiger partial charge in [-0.1, -0.05) is 12.1 Å². The number of rotatable bonds is 5. The lowest BCUT2D eigenvalue weighted by Crippen LogP contribution is -1.97. The van der Waals surface area contributed by atoms with Crippen LogP contribution in [0.15, 0.2) is 36.4 Å². The SMILES string of the molecule is COc1cc(OC)c([N+](=O)[O-])cc1/C=C(\C#N)c1ccc(C#N)cc1. The second-order valence-corrected chi connectivity index (χ2v) is 4.88. The van der Waals surface area contributed by atoms with Crippen LogP contribution in [0.4, 0.5) is 5.69 Å². The summed E-state index contributed by atoms with van der Waals surface area (Å²) in [5.41, 5.74) is 1.48. The molecule has 0 saturated heterocycles. The Hall–Kier alpha value is -3.84. The summed E-state index contributed by atoms with van der Waals surface area (Å²) in [5, 5.41) is 29.5. The Morgan fingerprint density at radius 2 is 1.76 bits per heavy atom. The summed E-state index contributed by atoms with van der Waals surface area (Å²) in [6, 6.07) is 13.2. The van der Waals surface area contributed by atoms with Crippen molar-refractivity contribution in [3.8, 4) is 23.6 Å². The summed E-state index contributed by atoms with van der Waals surface area (Å²) in [6.45, 7) is 0. The molecule has 0 saturated carbocycles. The van der Waals surface area contributed by atoms with E-state index in [1.165, 1.54) is 32.4 Å². The zero-order chi connectivity index (χ0) is 18.4. The molecular weight excluding hydrogens is 322 g/mol. The van der Waals surface area contributed by atoms with E-state index < -0.39 is 4.92 Å². The van der Waals surface area contributed by atoms with Gasteiger partial charge in [0, 0.05) is 17.7 Å². The van der Waals surface area contributed by atoms with Crippen molar-refractivity contribution in [1.29, 1.82) is 10.5 Å². The number of methoxy groups -OCH3 is 2. The first kappa shape index (κ1) is 17.5. The van der Waals surface area contributed by atoms with Gasteiger partial charge in [-0.3, -0.25) is 10.1 Å². The Kier molecular flexibility index (Phi) is 5.34. The molecule has 0 aromatic heterocycles. The third-order valence-corrected chi connectivity index (χ3v) is 3.47. The number of hydrogen-bond donors (Lipinski definition) is 0. The van der Waals surface area contributed by atoms with Crippen LogP contribution in [0.5, 0.6) is 11.5 Å². The van der Waals surface area contributed by atoms with Gasteiger partial charge in [0.25, 0.3) is 0 Å². The summed E-state index contributed by atoms with van der Waals surface area (Å²) >= 11 is 0. The molecule has 7 heteroatoms. The Labute approximate surface area is 144 Å². The van der Waals surface area contributed by atoms with Crippen LogP contribution in [0, 0.1) is 32.8 Å². The lowest BCUT2D eigenvalue weighted by atomic mass is 10.0. The number of allylic oxidation sites excluding steroid dienone is 1. The fraction of sp³-hybridized carbons (Fsp3) is 0.111. The van der Waals surface area contributed by atoms with Crippen molar-refractivity contribution >= 4 is 17.3 Å². The lowest BCUT2D eigenvalue weighted by Gasteiger charge is -2.09. The van der Waals surface area contributed by atoms with Crippen LogP contribution in [-0.4, -0.2) is 19.1 Å². The first-order valence-electron chi connectivity index (χ1n) is 7.06. The van der Waals surface area contributed by atoms with Gasteiger partial charge < -0.3 is 9.47 Å². The van der Waals surface area contributed by atoms with Gasteiger partial charge in [0.1, 0.15) is 5.75 Å². The van der Waals surface area contributed by atoms with Crippen molar-refractivity contribution in [3.63, 3.8) is 0 Å². The van der Waals surface area contributed by atoms with Crippen molar-refractivity contribution in [2.75, 3.05) is 14.2 Å². The lowest BCUT2D eigenvalue weighted by molar-refractivity contribution is -0.385. The molecule has 0 aliphatic heterocycles. The minimum Gasteiger partial charge on any atom is -0.496 e. The highest BCUT2D eigenvalue weighted by Gasteiger charge is 2.19. The molecule has 0 aliphatic carbocycles. The van der Waals surface area contributed by atoms with Crippen molar-refractivity contribution in [3.05, 3.63) is 63.2 Å². The number of hydrogen-bond acceptors (Lipinski definition) is 6. The molecule has 0 aliphatic rings. The highest BCUT2D eigenvalue weighted by Crippen LogP contribution is 2.36. The summed E-state index contributed by atoms with van der Waals surface area (Å²) < 4.78 is 10.2. The van der Waals surface area contributed by atoms with E-state index in [1.54, 1.807) is 24.3 Å². The van der Waals surface area contributed by atoms with Crippen molar-refractivity contribution in [2.45, 2.75) is 0 Å². The number of ether oxygens (including phenoxy) is 2. The van der Waals surface area contributed by atoms with E-state index in [2.05, 4.69) is 6.07 Å². The Balaban J connectivity index is 2.59.